The van der Waals surface area contributed by atoms with Crippen LogP contribution >= 0.6 is 22.9 Å². The maximum Gasteiger partial charge on any atom is 0.273 e. The number of aryl methyl sites for hydroxylation is 2. The molecule has 1 fully saturated rings. The van der Waals surface area contributed by atoms with E-state index in [1.807, 2.05) is 26.2 Å². The third-order valence-corrected chi connectivity index (χ3v) is 6.61. The Labute approximate surface area is 173 Å². The first kappa shape index (κ1) is 19.2. The molecule has 0 atom stereocenters. The summed E-state index contributed by atoms with van der Waals surface area (Å²) in [5, 5.41) is 1.83. The number of benzene rings is 1. The highest BCUT2D eigenvalue weighted by Crippen LogP contribution is 2.34. The van der Waals surface area contributed by atoms with Crippen molar-refractivity contribution in [1.29, 1.82) is 0 Å². The second-order valence-electron chi connectivity index (χ2n) is 7.61. The van der Waals surface area contributed by atoms with Crippen molar-refractivity contribution in [1.82, 2.24) is 19.4 Å². The summed E-state index contributed by atoms with van der Waals surface area (Å²) >= 11 is 7.89. The van der Waals surface area contributed by atoms with Gasteiger partial charge in [0.2, 0.25) is 0 Å². The van der Waals surface area contributed by atoms with E-state index in [-0.39, 0.29) is 5.91 Å². The molecule has 1 aliphatic heterocycles. The topological polar surface area (TPSA) is 54.3 Å². The molecule has 3 aromatic rings. The van der Waals surface area contributed by atoms with E-state index in [9.17, 15) is 4.79 Å². The lowest BCUT2D eigenvalue weighted by atomic mass is 9.96. The van der Waals surface area contributed by atoms with Gasteiger partial charge in [-0.15, -0.1) is 0 Å². The lowest BCUT2D eigenvalue weighted by molar-refractivity contribution is 0.0759. The maximum absolute atomic E-state index is 12.5. The Morgan fingerprint density at radius 3 is 2.79 bits per heavy atom. The van der Waals surface area contributed by atoms with Crippen LogP contribution in [0, 0.1) is 12.8 Å². The number of hydrogen-bond acceptors (Lipinski definition) is 5. The molecule has 0 spiro atoms. The lowest BCUT2D eigenvalue weighted by Crippen LogP contribution is -2.39. The van der Waals surface area contributed by atoms with E-state index in [1.165, 1.54) is 0 Å². The number of amides is 1. The van der Waals surface area contributed by atoms with Crippen molar-refractivity contribution in [3.05, 3.63) is 40.9 Å². The van der Waals surface area contributed by atoms with E-state index in [1.54, 1.807) is 33.3 Å². The van der Waals surface area contributed by atoms with Crippen molar-refractivity contribution in [2.45, 2.75) is 19.8 Å². The molecule has 0 aliphatic carbocycles. The Hall–Kier alpha value is -2.12. The average molecular weight is 418 g/mol. The van der Waals surface area contributed by atoms with Gasteiger partial charge in [-0.2, -0.15) is 0 Å². The number of rotatable bonds is 4. The Balaban J connectivity index is 1.37. The van der Waals surface area contributed by atoms with Gasteiger partial charge < -0.3 is 14.4 Å². The number of nitrogens with zero attached hydrogens (tertiary/aromatic N) is 5. The highest BCUT2D eigenvalue weighted by molar-refractivity contribution is 7.22. The summed E-state index contributed by atoms with van der Waals surface area (Å²) in [6, 6.07) is 3.96. The van der Waals surface area contributed by atoms with Crippen LogP contribution in [0.15, 0.2) is 24.7 Å². The van der Waals surface area contributed by atoms with Gasteiger partial charge in [-0.1, -0.05) is 22.9 Å². The van der Waals surface area contributed by atoms with Gasteiger partial charge in [0, 0.05) is 44.9 Å². The van der Waals surface area contributed by atoms with Crippen molar-refractivity contribution in [3.63, 3.8) is 0 Å². The van der Waals surface area contributed by atoms with E-state index in [4.69, 9.17) is 16.6 Å². The van der Waals surface area contributed by atoms with Crippen LogP contribution in [0.4, 0.5) is 5.13 Å². The monoisotopic (exact) mass is 417 g/mol. The maximum atomic E-state index is 12.5. The smallest absolute Gasteiger partial charge is 0.273 e. The number of thiazole rings is 1. The van der Waals surface area contributed by atoms with Gasteiger partial charge in [-0.05, 0) is 43.4 Å². The fraction of sp³-hybridized carbons (Fsp3) is 0.450. The number of anilines is 1. The summed E-state index contributed by atoms with van der Waals surface area (Å²) < 4.78 is 2.94. The van der Waals surface area contributed by atoms with Gasteiger partial charge >= 0.3 is 0 Å². The van der Waals surface area contributed by atoms with Gasteiger partial charge in [0.15, 0.2) is 5.13 Å². The number of hydrogen-bond donors (Lipinski definition) is 0. The van der Waals surface area contributed by atoms with Crippen LogP contribution in [-0.4, -0.2) is 52.0 Å². The van der Waals surface area contributed by atoms with E-state index < -0.39 is 0 Å². The molecule has 28 heavy (non-hydrogen) atoms. The average Bonchev–Trinajstić information content (AvgIpc) is 3.28. The second kappa shape index (κ2) is 7.72. The minimum atomic E-state index is -0.0124. The zero-order valence-corrected chi connectivity index (χ0v) is 17.9. The van der Waals surface area contributed by atoms with Crippen LogP contribution in [0.25, 0.3) is 10.2 Å². The molecule has 1 amide bonds. The molecule has 3 heterocycles. The first-order valence-corrected chi connectivity index (χ1v) is 10.6. The second-order valence-corrected chi connectivity index (χ2v) is 9.05. The SMILES string of the molecule is Cc1cc(Cl)cc2sc(N3CCC(CN(C)C(=O)c4cn(C)cn4)CC3)nc12. The van der Waals surface area contributed by atoms with Gasteiger partial charge in [-0.25, -0.2) is 9.97 Å². The molecular formula is C20H24ClN5OS. The van der Waals surface area contributed by atoms with Crippen LogP contribution in [0.3, 0.4) is 0 Å². The predicted molar refractivity (Wildman–Crippen MR) is 114 cm³/mol. The minimum absolute atomic E-state index is 0.0124. The number of fused-ring (bicyclic) bond motifs is 1. The van der Waals surface area contributed by atoms with Gasteiger partial charge in [0.25, 0.3) is 5.91 Å². The van der Waals surface area contributed by atoms with E-state index in [2.05, 4.69) is 16.8 Å². The number of imidazole rings is 1. The van der Waals surface area contributed by atoms with Crippen LogP contribution in [-0.2, 0) is 7.05 Å². The highest BCUT2D eigenvalue weighted by Gasteiger charge is 2.25. The Bertz CT molecular complexity index is 1010. The van der Waals surface area contributed by atoms with Gasteiger partial charge in [-0.3, -0.25) is 4.79 Å². The summed E-state index contributed by atoms with van der Waals surface area (Å²) in [4.78, 5) is 25.7. The Morgan fingerprint density at radius 2 is 2.11 bits per heavy atom. The van der Waals surface area contributed by atoms with Crippen molar-refractivity contribution in [3.8, 4) is 0 Å². The molecule has 2 aromatic heterocycles. The van der Waals surface area contributed by atoms with Gasteiger partial charge in [0.05, 0.1) is 16.5 Å². The Morgan fingerprint density at radius 1 is 1.36 bits per heavy atom. The molecule has 1 aliphatic rings. The molecule has 0 unspecified atom stereocenters. The van der Waals surface area contributed by atoms with Crippen LogP contribution < -0.4 is 4.90 Å². The summed E-state index contributed by atoms with van der Waals surface area (Å²) in [6.07, 6.45) is 5.53. The first-order chi connectivity index (χ1) is 13.4. The normalized spacial score (nSPS) is 15.4. The lowest BCUT2D eigenvalue weighted by Gasteiger charge is -2.33. The molecule has 4 rings (SSSR count). The molecule has 0 radical (unpaired) electrons. The largest absolute Gasteiger partial charge is 0.348 e. The van der Waals surface area contributed by atoms with Crippen LogP contribution in [0.2, 0.25) is 5.02 Å². The first-order valence-electron chi connectivity index (χ1n) is 9.46. The van der Waals surface area contributed by atoms with Crippen molar-refractivity contribution >= 4 is 44.2 Å². The third kappa shape index (κ3) is 3.86. The molecular weight excluding hydrogens is 394 g/mol. The molecule has 0 N–H and O–H groups in total. The van der Waals surface area contributed by atoms with E-state index >= 15 is 0 Å². The molecule has 0 bridgehead atoms. The van der Waals surface area contributed by atoms with Crippen molar-refractivity contribution < 1.29 is 4.79 Å². The fourth-order valence-corrected chi connectivity index (χ4v) is 5.25. The van der Waals surface area contributed by atoms with Crippen LogP contribution in [0.1, 0.15) is 28.9 Å². The molecule has 148 valence electrons. The molecule has 1 saturated heterocycles. The number of aromatic nitrogens is 3. The molecule has 0 saturated carbocycles. The summed E-state index contributed by atoms with van der Waals surface area (Å²) in [6.45, 7) is 4.74. The summed E-state index contributed by atoms with van der Waals surface area (Å²) in [5.74, 6) is 0.487. The summed E-state index contributed by atoms with van der Waals surface area (Å²) in [5.41, 5.74) is 2.67. The van der Waals surface area contributed by atoms with Crippen molar-refractivity contribution in [2.24, 2.45) is 13.0 Å². The zero-order chi connectivity index (χ0) is 19.8. The minimum Gasteiger partial charge on any atom is -0.348 e. The van der Waals surface area contributed by atoms with E-state index in [0.717, 1.165) is 58.4 Å². The van der Waals surface area contributed by atoms with Crippen LogP contribution in [0.5, 0.6) is 0 Å². The predicted octanol–water partition coefficient (Wildman–Crippen LogP) is 3.98. The highest BCUT2D eigenvalue weighted by atomic mass is 35.5. The number of carbonyl (C=O) groups excluding carboxylic acids is 1. The third-order valence-electron chi connectivity index (χ3n) is 5.33. The van der Waals surface area contributed by atoms with Gasteiger partial charge in [0.1, 0.15) is 5.69 Å². The molecule has 6 nitrogen and oxygen atoms in total. The quantitative estimate of drug-likeness (QED) is 0.644. The zero-order valence-electron chi connectivity index (χ0n) is 16.4. The molecule has 8 heteroatoms. The number of halogens is 1. The van der Waals surface area contributed by atoms with Crippen molar-refractivity contribution in [2.75, 3.05) is 31.6 Å². The molecule has 1 aromatic carbocycles. The number of carbonyl (C=O) groups is 1. The fourth-order valence-electron chi connectivity index (χ4n) is 3.77. The Kier molecular flexibility index (Phi) is 5.29. The van der Waals surface area contributed by atoms with E-state index in [0.29, 0.717) is 11.6 Å². The summed E-state index contributed by atoms with van der Waals surface area (Å²) in [7, 11) is 3.74. The number of piperidine rings is 1. The standard InChI is InChI=1S/C20H24ClN5OS/c1-13-8-15(21)9-17-18(13)23-20(28-17)26-6-4-14(5-7-26)10-25(3)19(27)16-11-24(2)12-22-16/h8-9,11-12,14H,4-7,10H2,1-3H3.